The molecule has 0 radical (unpaired) electrons. The van der Waals surface area contributed by atoms with Gasteiger partial charge in [0.15, 0.2) is 0 Å². The molecule has 86 valence electrons. The highest BCUT2D eigenvalue weighted by atomic mass is 16.2. The number of nitrogens with zero attached hydrogens (tertiary/aromatic N) is 1. The fourth-order valence-electron chi connectivity index (χ4n) is 1.46. The maximum atomic E-state index is 11.7. The molecular formula is C13H18N2O. The molecule has 0 atom stereocenters. The number of carbonyl (C=O) groups is 1. The number of para-hydroxylation sites is 1. The molecule has 16 heavy (non-hydrogen) atoms. The van der Waals surface area contributed by atoms with Gasteiger partial charge in [-0.05, 0) is 31.6 Å². The van der Waals surface area contributed by atoms with E-state index >= 15 is 0 Å². The van der Waals surface area contributed by atoms with Gasteiger partial charge in [-0.2, -0.15) is 0 Å². The molecule has 3 nitrogen and oxygen atoms in total. The number of rotatable bonds is 4. The topological polar surface area (TPSA) is 46.3 Å². The van der Waals surface area contributed by atoms with Gasteiger partial charge in [0.2, 0.25) is 5.91 Å². The zero-order valence-corrected chi connectivity index (χ0v) is 9.81. The molecule has 0 saturated carbocycles. The normalized spacial score (nSPS) is 10.6. The van der Waals surface area contributed by atoms with Gasteiger partial charge in [-0.3, -0.25) is 4.79 Å². The van der Waals surface area contributed by atoms with Gasteiger partial charge < -0.3 is 10.6 Å². The molecule has 1 rings (SSSR count). The van der Waals surface area contributed by atoms with Crippen LogP contribution in [0.2, 0.25) is 0 Å². The monoisotopic (exact) mass is 218 g/mol. The standard InChI is InChI=1S/C13H18N2O/c1-3-15(4-2)13(16)10-9-11-7-5-6-8-12(11)14/h5-10H,3-4,14H2,1-2H3/b10-9+. The predicted molar refractivity (Wildman–Crippen MR) is 67.8 cm³/mol. The van der Waals surface area contributed by atoms with Crippen LogP contribution in [-0.4, -0.2) is 23.9 Å². The lowest BCUT2D eigenvalue weighted by atomic mass is 10.1. The molecule has 0 heterocycles. The highest BCUT2D eigenvalue weighted by Gasteiger charge is 2.04. The van der Waals surface area contributed by atoms with Crippen molar-refractivity contribution in [1.82, 2.24) is 4.90 Å². The summed E-state index contributed by atoms with van der Waals surface area (Å²) in [5.41, 5.74) is 7.34. The molecule has 0 saturated heterocycles. The molecule has 2 N–H and O–H groups in total. The molecule has 1 amide bonds. The van der Waals surface area contributed by atoms with Crippen molar-refractivity contribution in [3.8, 4) is 0 Å². The molecule has 0 unspecified atom stereocenters. The number of carbonyl (C=O) groups excluding carboxylic acids is 1. The third-order valence-corrected chi connectivity index (χ3v) is 2.48. The van der Waals surface area contributed by atoms with Crippen molar-refractivity contribution in [2.24, 2.45) is 0 Å². The van der Waals surface area contributed by atoms with Gasteiger partial charge in [0.1, 0.15) is 0 Å². The van der Waals surface area contributed by atoms with E-state index in [1.807, 2.05) is 38.1 Å². The fourth-order valence-corrected chi connectivity index (χ4v) is 1.46. The summed E-state index contributed by atoms with van der Waals surface area (Å²) in [5.74, 6) is 0.0215. The van der Waals surface area contributed by atoms with Gasteiger partial charge in [0, 0.05) is 24.9 Å². The van der Waals surface area contributed by atoms with E-state index in [4.69, 9.17) is 5.73 Å². The van der Waals surface area contributed by atoms with Crippen molar-refractivity contribution >= 4 is 17.7 Å². The highest BCUT2D eigenvalue weighted by Crippen LogP contribution is 2.12. The van der Waals surface area contributed by atoms with Gasteiger partial charge >= 0.3 is 0 Å². The molecular weight excluding hydrogens is 200 g/mol. The molecule has 0 aliphatic rings. The molecule has 0 spiro atoms. The number of hydrogen-bond donors (Lipinski definition) is 1. The van der Waals surface area contributed by atoms with Gasteiger partial charge in [0.05, 0.1) is 0 Å². The molecule has 0 aliphatic carbocycles. The Balaban J connectivity index is 2.74. The summed E-state index contributed by atoms with van der Waals surface area (Å²) in [6.45, 7) is 5.38. The first-order chi connectivity index (χ1) is 7.69. The van der Waals surface area contributed by atoms with Crippen LogP contribution in [0.5, 0.6) is 0 Å². The van der Waals surface area contributed by atoms with E-state index in [1.54, 1.807) is 17.1 Å². The van der Waals surface area contributed by atoms with Crippen LogP contribution in [-0.2, 0) is 4.79 Å². The number of nitrogens with two attached hydrogens (primary N) is 1. The first-order valence-corrected chi connectivity index (χ1v) is 5.50. The summed E-state index contributed by atoms with van der Waals surface area (Å²) in [5, 5.41) is 0. The molecule has 0 aromatic heterocycles. The first kappa shape index (κ1) is 12.3. The second kappa shape index (κ2) is 5.95. The van der Waals surface area contributed by atoms with Crippen LogP contribution in [0.3, 0.4) is 0 Å². The number of likely N-dealkylation sites (N-methyl/N-ethyl adjacent to an activating group) is 1. The molecule has 0 aliphatic heterocycles. The summed E-state index contributed by atoms with van der Waals surface area (Å²) in [4.78, 5) is 13.4. The fraction of sp³-hybridized carbons (Fsp3) is 0.308. The molecule has 0 bridgehead atoms. The van der Waals surface area contributed by atoms with Crippen molar-refractivity contribution in [2.75, 3.05) is 18.8 Å². The Morgan fingerprint density at radius 2 is 1.94 bits per heavy atom. The van der Waals surface area contributed by atoms with Crippen LogP contribution in [0.4, 0.5) is 5.69 Å². The highest BCUT2D eigenvalue weighted by molar-refractivity contribution is 5.92. The predicted octanol–water partition coefficient (Wildman–Crippen LogP) is 2.15. The summed E-state index contributed by atoms with van der Waals surface area (Å²) in [7, 11) is 0. The lowest BCUT2D eigenvalue weighted by molar-refractivity contribution is -0.125. The SMILES string of the molecule is CCN(CC)C(=O)/C=C/c1ccccc1N. The Labute approximate surface area is 96.6 Å². The average Bonchev–Trinajstić information content (AvgIpc) is 2.29. The van der Waals surface area contributed by atoms with Crippen molar-refractivity contribution < 1.29 is 4.79 Å². The summed E-state index contributed by atoms with van der Waals surface area (Å²) in [6, 6.07) is 7.49. The smallest absolute Gasteiger partial charge is 0.246 e. The van der Waals surface area contributed by atoms with Gasteiger partial charge in [-0.15, -0.1) is 0 Å². The Kier molecular flexibility index (Phi) is 4.58. The van der Waals surface area contributed by atoms with Crippen LogP contribution in [0, 0.1) is 0 Å². The van der Waals surface area contributed by atoms with Crippen molar-refractivity contribution in [2.45, 2.75) is 13.8 Å². The maximum absolute atomic E-state index is 11.7. The van der Waals surface area contributed by atoms with Gasteiger partial charge in [-0.25, -0.2) is 0 Å². The number of anilines is 1. The van der Waals surface area contributed by atoms with Gasteiger partial charge in [0.25, 0.3) is 0 Å². The first-order valence-electron chi connectivity index (χ1n) is 5.50. The minimum absolute atomic E-state index is 0.0215. The Morgan fingerprint density at radius 1 is 1.31 bits per heavy atom. The lowest BCUT2D eigenvalue weighted by Gasteiger charge is -2.15. The molecule has 1 aromatic carbocycles. The number of hydrogen-bond acceptors (Lipinski definition) is 2. The minimum atomic E-state index is 0.0215. The van der Waals surface area contributed by atoms with E-state index in [-0.39, 0.29) is 5.91 Å². The Hall–Kier alpha value is -1.77. The summed E-state index contributed by atoms with van der Waals surface area (Å²) >= 11 is 0. The van der Waals surface area contributed by atoms with Crippen LogP contribution < -0.4 is 5.73 Å². The van der Waals surface area contributed by atoms with E-state index in [9.17, 15) is 4.79 Å². The Morgan fingerprint density at radius 3 is 2.50 bits per heavy atom. The number of benzene rings is 1. The van der Waals surface area contributed by atoms with Crippen molar-refractivity contribution in [3.63, 3.8) is 0 Å². The number of amides is 1. The summed E-state index contributed by atoms with van der Waals surface area (Å²) in [6.07, 6.45) is 3.33. The van der Waals surface area contributed by atoms with Crippen molar-refractivity contribution in [1.29, 1.82) is 0 Å². The quantitative estimate of drug-likeness (QED) is 0.621. The van der Waals surface area contributed by atoms with E-state index < -0.39 is 0 Å². The van der Waals surface area contributed by atoms with E-state index in [0.717, 1.165) is 18.7 Å². The van der Waals surface area contributed by atoms with E-state index in [2.05, 4.69) is 0 Å². The zero-order chi connectivity index (χ0) is 12.0. The third-order valence-electron chi connectivity index (χ3n) is 2.48. The minimum Gasteiger partial charge on any atom is -0.398 e. The van der Waals surface area contributed by atoms with Crippen LogP contribution in [0.15, 0.2) is 30.3 Å². The average molecular weight is 218 g/mol. The zero-order valence-electron chi connectivity index (χ0n) is 9.81. The molecule has 0 fully saturated rings. The van der Waals surface area contributed by atoms with Crippen LogP contribution >= 0.6 is 0 Å². The van der Waals surface area contributed by atoms with Crippen LogP contribution in [0.1, 0.15) is 19.4 Å². The molecule has 3 heteroatoms. The van der Waals surface area contributed by atoms with Crippen molar-refractivity contribution in [3.05, 3.63) is 35.9 Å². The second-order valence-corrected chi connectivity index (χ2v) is 3.47. The number of nitrogen functional groups attached to an aromatic ring is 1. The Bertz CT molecular complexity index is 381. The van der Waals surface area contributed by atoms with Gasteiger partial charge in [-0.1, -0.05) is 18.2 Å². The second-order valence-electron chi connectivity index (χ2n) is 3.47. The summed E-state index contributed by atoms with van der Waals surface area (Å²) < 4.78 is 0. The van der Waals surface area contributed by atoms with E-state index in [1.165, 1.54) is 0 Å². The van der Waals surface area contributed by atoms with E-state index in [0.29, 0.717) is 5.69 Å². The largest absolute Gasteiger partial charge is 0.398 e. The van der Waals surface area contributed by atoms with Crippen LogP contribution in [0.25, 0.3) is 6.08 Å². The maximum Gasteiger partial charge on any atom is 0.246 e. The molecule has 1 aromatic rings. The lowest BCUT2D eigenvalue weighted by Crippen LogP contribution is -2.28. The third kappa shape index (κ3) is 3.12.